The molecule has 0 aliphatic heterocycles. The topological polar surface area (TPSA) is 42.9 Å². The van der Waals surface area contributed by atoms with E-state index in [4.69, 9.17) is 3.67 Å². The molecule has 0 spiro atoms. The molecule has 0 saturated heterocycles. The quantitative estimate of drug-likeness (QED) is 0.751. The van der Waals surface area contributed by atoms with Crippen molar-refractivity contribution >= 4 is 0 Å². The zero-order valence-electron chi connectivity index (χ0n) is 11.2. The summed E-state index contributed by atoms with van der Waals surface area (Å²) in [5, 5.41) is 0. The fourth-order valence-electron chi connectivity index (χ4n) is 1.35. The predicted molar refractivity (Wildman–Crippen MR) is 70.5 cm³/mol. The standard InChI is InChI=1S/C12H12N2.2CH3.O.V/c1-9-3-5-13-11(7-9)12-8-10(2)4-6-14-12;;;;/h3-8H,1-2H3;2*1H3;;/q;2*-1;;+2. The van der Waals surface area contributed by atoms with Gasteiger partial charge in [0, 0.05) is 12.4 Å². The van der Waals surface area contributed by atoms with E-state index >= 15 is 0 Å². The first-order valence-corrected chi connectivity index (χ1v) is 5.37. The molecule has 18 heavy (non-hydrogen) atoms. The first-order valence-electron chi connectivity index (χ1n) is 4.79. The van der Waals surface area contributed by atoms with Crippen LogP contribution in [-0.2, 0) is 21.0 Å². The van der Waals surface area contributed by atoms with Gasteiger partial charge in [0.05, 0.1) is 11.4 Å². The number of rotatable bonds is 1. The van der Waals surface area contributed by atoms with Gasteiger partial charge in [-0.25, -0.2) is 0 Å². The van der Waals surface area contributed by atoms with Crippen LogP contribution in [0.1, 0.15) is 11.1 Å². The molecular formula is C14H18N2OV. The third kappa shape index (κ3) is 5.34. The molecule has 95 valence electrons. The third-order valence-electron chi connectivity index (χ3n) is 2.09. The van der Waals surface area contributed by atoms with Crippen LogP contribution in [0.2, 0.25) is 0 Å². The summed E-state index contributed by atoms with van der Waals surface area (Å²) in [6.07, 6.45) is 3.63. The average molecular weight is 281 g/mol. The Morgan fingerprint density at radius 3 is 1.44 bits per heavy atom. The van der Waals surface area contributed by atoms with E-state index in [2.05, 4.69) is 23.8 Å². The van der Waals surface area contributed by atoms with E-state index < -0.39 is 0 Å². The van der Waals surface area contributed by atoms with Crippen molar-refractivity contribution < 1.29 is 21.0 Å². The molecule has 2 aromatic rings. The van der Waals surface area contributed by atoms with Crippen molar-refractivity contribution in [1.82, 2.24) is 9.97 Å². The van der Waals surface area contributed by atoms with Crippen molar-refractivity contribution in [2.24, 2.45) is 0 Å². The van der Waals surface area contributed by atoms with Crippen LogP contribution in [0.15, 0.2) is 36.7 Å². The van der Waals surface area contributed by atoms with Crippen LogP contribution in [0.4, 0.5) is 0 Å². The zero-order valence-corrected chi connectivity index (χ0v) is 12.6. The summed E-state index contributed by atoms with van der Waals surface area (Å²) >= 11 is 1.06. The van der Waals surface area contributed by atoms with Crippen LogP contribution in [0.5, 0.6) is 0 Å². The number of nitrogens with zero attached hydrogens (tertiary/aromatic N) is 2. The summed E-state index contributed by atoms with van der Waals surface area (Å²) in [5.74, 6) is 0. The molecule has 2 rings (SSSR count). The fourth-order valence-corrected chi connectivity index (χ4v) is 1.35. The summed E-state index contributed by atoms with van der Waals surface area (Å²) in [6.45, 7) is 4.11. The van der Waals surface area contributed by atoms with E-state index in [-0.39, 0.29) is 14.9 Å². The molecule has 3 nitrogen and oxygen atoms in total. The molecule has 0 amide bonds. The van der Waals surface area contributed by atoms with Gasteiger partial charge in [-0.2, -0.15) is 0 Å². The van der Waals surface area contributed by atoms with Crippen molar-refractivity contribution in [3.63, 3.8) is 0 Å². The van der Waals surface area contributed by atoms with E-state index in [1.54, 1.807) is 0 Å². The monoisotopic (exact) mass is 281 g/mol. The third-order valence-corrected chi connectivity index (χ3v) is 2.09. The second-order valence-electron chi connectivity index (χ2n) is 3.44. The molecular weight excluding hydrogens is 263 g/mol. The fraction of sp³-hybridized carbons (Fsp3) is 0.143. The summed E-state index contributed by atoms with van der Waals surface area (Å²) < 4.78 is 8.19. The molecule has 2 aromatic heterocycles. The summed E-state index contributed by atoms with van der Waals surface area (Å²) in [6, 6.07) is 8.06. The van der Waals surface area contributed by atoms with Crippen LogP contribution in [0.3, 0.4) is 0 Å². The van der Waals surface area contributed by atoms with Crippen molar-refractivity contribution in [2.45, 2.75) is 13.8 Å². The van der Waals surface area contributed by atoms with Gasteiger partial charge in [0.2, 0.25) is 0 Å². The van der Waals surface area contributed by atoms with Crippen LogP contribution in [-0.4, -0.2) is 9.97 Å². The van der Waals surface area contributed by atoms with Crippen molar-refractivity contribution in [3.05, 3.63) is 62.6 Å². The minimum atomic E-state index is 0. The summed E-state index contributed by atoms with van der Waals surface area (Å²) in [5.41, 5.74) is 4.29. The van der Waals surface area contributed by atoms with Crippen LogP contribution in [0, 0.1) is 28.7 Å². The van der Waals surface area contributed by atoms with Crippen molar-refractivity contribution in [2.75, 3.05) is 0 Å². The van der Waals surface area contributed by atoms with E-state index in [1.165, 1.54) is 11.1 Å². The predicted octanol–water partition coefficient (Wildman–Crippen LogP) is 3.54. The van der Waals surface area contributed by atoms with Gasteiger partial charge in [0.25, 0.3) is 0 Å². The van der Waals surface area contributed by atoms with Gasteiger partial charge in [-0.05, 0) is 49.2 Å². The molecule has 0 fully saturated rings. The number of aromatic nitrogens is 2. The number of pyridine rings is 2. The Hall–Kier alpha value is -1.32. The second-order valence-corrected chi connectivity index (χ2v) is 3.44. The van der Waals surface area contributed by atoms with Gasteiger partial charge in [0.15, 0.2) is 0 Å². The number of aryl methyl sites for hydroxylation is 2. The maximum absolute atomic E-state index is 8.19. The van der Waals surface area contributed by atoms with E-state index in [9.17, 15) is 0 Å². The molecule has 4 heteroatoms. The average Bonchev–Trinajstić information content (AvgIpc) is 2.32. The summed E-state index contributed by atoms with van der Waals surface area (Å²) in [7, 11) is 0. The first-order chi connectivity index (χ1) is 7.75. The Morgan fingerprint density at radius 2 is 1.17 bits per heavy atom. The molecule has 0 saturated carbocycles. The number of hydrogen-bond acceptors (Lipinski definition) is 3. The van der Waals surface area contributed by atoms with Gasteiger partial charge in [-0.3, -0.25) is 9.97 Å². The molecule has 0 unspecified atom stereocenters. The molecule has 0 N–H and O–H groups in total. The van der Waals surface area contributed by atoms with Crippen LogP contribution >= 0.6 is 0 Å². The van der Waals surface area contributed by atoms with Gasteiger partial charge >= 0.3 is 21.0 Å². The zero-order chi connectivity index (χ0) is 12.0. The Kier molecular flexibility index (Phi) is 10.2. The Balaban J connectivity index is 0. The first kappa shape index (κ1) is 19.0. The van der Waals surface area contributed by atoms with Gasteiger partial charge in [0.1, 0.15) is 0 Å². The van der Waals surface area contributed by atoms with Gasteiger partial charge < -0.3 is 14.9 Å². The molecule has 2 heterocycles. The number of hydrogen-bond donors (Lipinski definition) is 0. The van der Waals surface area contributed by atoms with Gasteiger partial charge in [-0.15, -0.1) is 0 Å². The minimum absolute atomic E-state index is 0. The Labute approximate surface area is 119 Å². The van der Waals surface area contributed by atoms with Gasteiger partial charge in [-0.1, -0.05) is 0 Å². The van der Waals surface area contributed by atoms with Crippen LogP contribution in [0.25, 0.3) is 11.4 Å². The Morgan fingerprint density at radius 1 is 0.833 bits per heavy atom. The van der Waals surface area contributed by atoms with E-state index in [0.717, 1.165) is 28.8 Å². The molecule has 0 aliphatic carbocycles. The SMILES string of the molecule is Cc1ccnc(-c2cc(C)ccn2)c1.[CH3-].[CH3-].[O]=[V+2]. The molecule has 0 bridgehead atoms. The molecule has 0 atom stereocenters. The molecule has 0 radical (unpaired) electrons. The maximum atomic E-state index is 8.19. The Bertz CT molecular complexity index is 431. The van der Waals surface area contributed by atoms with E-state index in [1.807, 2.05) is 36.7 Å². The van der Waals surface area contributed by atoms with Crippen molar-refractivity contribution in [3.8, 4) is 11.4 Å². The molecule has 0 aliphatic rings. The molecule has 0 aromatic carbocycles. The van der Waals surface area contributed by atoms with Crippen LogP contribution < -0.4 is 0 Å². The normalized spacial score (nSPS) is 8.22. The van der Waals surface area contributed by atoms with E-state index in [0.29, 0.717) is 0 Å². The summed E-state index contributed by atoms with van der Waals surface area (Å²) in [4.78, 5) is 8.58. The second kappa shape index (κ2) is 9.69. The van der Waals surface area contributed by atoms with Crippen molar-refractivity contribution in [1.29, 1.82) is 0 Å².